The Morgan fingerprint density at radius 2 is 2.12 bits per heavy atom. The van der Waals surface area contributed by atoms with Crippen LogP contribution >= 0.6 is 35.7 Å². The molecule has 26 heavy (non-hydrogen) atoms. The normalized spacial score (nSPS) is 19.8. The Kier molecular flexibility index (Phi) is 8.32. The van der Waals surface area contributed by atoms with Gasteiger partial charge in [0.05, 0.1) is 0 Å². The molecule has 0 bridgehead atoms. The van der Waals surface area contributed by atoms with E-state index in [1.807, 2.05) is 32.2 Å². The summed E-state index contributed by atoms with van der Waals surface area (Å²) in [6.07, 6.45) is 8.78. The quantitative estimate of drug-likeness (QED) is 0.400. The molecule has 5 nitrogen and oxygen atoms in total. The number of nitrogens with one attached hydrogen (secondary N) is 1. The van der Waals surface area contributed by atoms with Gasteiger partial charge in [-0.2, -0.15) is 11.8 Å². The van der Waals surface area contributed by atoms with Crippen LogP contribution in [-0.2, 0) is 6.54 Å². The maximum Gasteiger partial charge on any atom is 0.193 e. The van der Waals surface area contributed by atoms with Crippen LogP contribution in [0.3, 0.4) is 0 Å². The zero-order valence-corrected chi connectivity index (χ0v) is 19.3. The maximum absolute atomic E-state index is 4.56. The predicted octanol–water partition coefficient (Wildman–Crippen LogP) is 3.59. The zero-order chi connectivity index (χ0) is 17.7. The highest BCUT2D eigenvalue weighted by atomic mass is 127. The first-order valence-corrected chi connectivity index (χ1v) is 10.3. The number of anilines is 1. The third-order valence-corrected chi connectivity index (χ3v) is 6.78. The number of hydrogen-bond donors (Lipinski definition) is 1. The molecule has 0 amide bonds. The Bertz CT molecular complexity index is 596. The summed E-state index contributed by atoms with van der Waals surface area (Å²) in [6.45, 7) is 3.01. The first-order chi connectivity index (χ1) is 12.1. The van der Waals surface area contributed by atoms with Crippen molar-refractivity contribution in [1.82, 2.24) is 15.2 Å². The van der Waals surface area contributed by atoms with E-state index in [0.29, 0.717) is 4.75 Å². The van der Waals surface area contributed by atoms with Crippen molar-refractivity contribution in [1.29, 1.82) is 0 Å². The molecule has 1 spiro atoms. The van der Waals surface area contributed by atoms with Crippen molar-refractivity contribution < 1.29 is 0 Å². The zero-order valence-electron chi connectivity index (χ0n) is 16.2. The molecular weight excluding hydrogens is 457 g/mol. The van der Waals surface area contributed by atoms with Crippen LogP contribution in [-0.4, -0.2) is 60.6 Å². The SMILES string of the molecule is CN=C(NCc1ccnc(N(C)C)c1)N1CCSC2(CCCCC2)C1.I. The number of thioether (sulfide) groups is 1. The molecule has 0 aromatic carbocycles. The summed E-state index contributed by atoms with van der Waals surface area (Å²) in [7, 11) is 5.94. The van der Waals surface area contributed by atoms with E-state index < -0.39 is 0 Å². The number of pyridine rings is 1. The van der Waals surface area contributed by atoms with Crippen molar-refractivity contribution in [2.24, 2.45) is 4.99 Å². The summed E-state index contributed by atoms with van der Waals surface area (Å²) in [5, 5.41) is 3.56. The van der Waals surface area contributed by atoms with Gasteiger partial charge in [-0.15, -0.1) is 24.0 Å². The van der Waals surface area contributed by atoms with Crippen LogP contribution in [0, 0.1) is 0 Å². The second kappa shape index (κ2) is 10.0. The van der Waals surface area contributed by atoms with Crippen LogP contribution in [0.15, 0.2) is 23.3 Å². The lowest BCUT2D eigenvalue weighted by Gasteiger charge is -2.45. The number of hydrogen-bond acceptors (Lipinski definition) is 4. The summed E-state index contributed by atoms with van der Waals surface area (Å²) >= 11 is 2.20. The van der Waals surface area contributed by atoms with Crippen LogP contribution < -0.4 is 10.2 Å². The Labute approximate surface area is 179 Å². The lowest BCUT2D eigenvalue weighted by atomic mass is 9.87. The van der Waals surface area contributed by atoms with Gasteiger partial charge in [-0.3, -0.25) is 4.99 Å². The smallest absolute Gasteiger partial charge is 0.193 e. The van der Waals surface area contributed by atoms with E-state index in [0.717, 1.165) is 31.4 Å². The van der Waals surface area contributed by atoms with Gasteiger partial charge in [0, 0.05) is 57.5 Å². The Hall–Kier alpha value is -0.700. The minimum Gasteiger partial charge on any atom is -0.363 e. The van der Waals surface area contributed by atoms with Gasteiger partial charge in [-0.05, 0) is 30.5 Å². The fourth-order valence-corrected chi connectivity index (χ4v) is 5.42. The Morgan fingerprint density at radius 3 is 2.81 bits per heavy atom. The number of aliphatic imine (C=N–C) groups is 1. The van der Waals surface area contributed by atoms with E-state index in [1.165, 1.54) is 43.4 Å². The van der Waals surface area contributed by atoms with Crippen molar-refractivity contribution in [2.45, 2.75) is 43.4 Å². The molecule has 2 aliphatic rings. The predicted molar refractivity (Wildman–Crippen MR) is 124 cm³/mol. The van der Waals surface area contributed by atoms with Crippen LogP contribution in [0.1, 0.15) is 37.7 Å². The van der Waals surface area contributed by atoms with Crippen molar-refractivity contribution in [3.05, 3.63) is 23.9 Å². The molecule has 1 aromatic rings. The number of guanidine groups is 1. The average Bonchev–Trinajstić information content (AvgIpc) is 2.63. The highest BCUT2D eigenvalue weighted by Gasteiger charge is 2.38. The summed E-state index contributed by atoms with van der Waals surface area (Å²) < 4.78 is 0.461. The van der Waals surface area contributed by atoms with Gasteiger partial charge in [-0.25, -0.2) is 4.98 Å². The van der Waals surface area contributed by atoms with Crippen LogP contribution in [0.5, 0.6) is 0 Å². The third kappa shape index (κ3) is 5.41. The van der Waals surface area contributed by atoms with E-state index in [-0.39, 0.29) is 24.0 Å². The molecule has 1 saturated carbocycles. The maximum atomic E-state index is 4.56. The molecule has 3 rings (SSSR count). The largest absolute Gasteiger partial charge is 0.363 e. The molecule has 7 heteroatoms. The molecule has 1 aliphatic heterocycles. The molecule has 2 fully saturated rings. The lowest BCUT2D eigenvalue weighted by molar-refractivity contribution is 0.293. The van der Waals surface area contributed by atoms with Gasteiger partial charge in [0.15, 0.2) is 5.96 Å². The second-order valence-corrected chi connectivity index (χ2v) is 8.89. The number of halogens is 1. The van der Waals surface area contributed by atoms with Gasteiger partial charge in [-0.1, -0.05) is 19.3 Å². The topological polar surface area (TPSA) is 43.8 Å². The molecule has 1 aliphatic carbocycles. The van der Waals surface area contributed by atoms with E-state index in [2.05, 4.69) is 44.1 Å². The molecule has 2 heterocycles. The van der Waals surface area contributed by atoms with E-state index in [4.69, 9.17) is 0 Å². The lowest BCUT2D eigenvalue weighted by Crippen LogP contribution is -2.53. The molecule has 1 saturated heterocycles. The van der Waals surface area contributed by atoms with Crippen LogP contribution in [0.25, 0.3) is 0 Å². The van der Waals surface area contributed by atoms with Crippen LogP contribution in [0.2, 0.25) is 0 Å². The van der Waals surface area contributed by atoms with Crippen molar-refractivity contribution in [2.75, 3.05) is 44.9 Å². The first-order valence-electron chi connectivity index (χ1n) is 9.34. The summed E-state index contributed by atoms with van der Waals surface area (Å²) in [5.74, 6) is 3.24. The highest BCUT2D eigenvalue weighted by Crippen LogP contribution is 2.42. The van der Waals surface area contributed by atoms with Gasteiger partial charge >= 0.3 is 0 Å². The second-order valence-electron chi connectivity index (χ2n) is 7.33. The highest BCUT2D eigenvalue weighted by molar-refractivity contribution is 14.0. The molecular formula is C19H32IN5S. The molecule has 0 radical (unpaired) electrons. The fraction of sp³-hybridized carbons (Fsp3) is 0.684. The molecule has 0 unspecified atom stereocenters. The Balaban J connectivity index is 0.00000243. The molecule has 146 valence electrons. The first kappa shape index (κ1) is 21.6. The van der Waals surface area contributed by atoms with E-state index in [9.17, 15) is 0 Å². The molecule has 0 atom stereocenters. The fourth-order valence-electron chi connectivity index (χ4n) is 3.85. The van der Waals surface area contributed by atoms with Gasteiger partial charge < -0.3 is 15.1 Å². The monoisotopic (exact) mass is 489 g/mol. The minimum atomic E-state index is 0. The Morgan fingerprint density at radius 1 is 1.35 bits per heavy atom. The van der Waals surface area contributed by atoms with Crippen molar-refractivity contribution in [3.63, 3.8) is 0 Å². The summed E-state index contributed by atoms with van der Waals surface area (Å²) in [6, 6.07) is 4.21. The minimum absolute atomic E-state index is 0. The number of rotatable bonds is 3. The molecule has 1 aromatic heterocycles. The van der Waals surface area contributed by atoms with E-state index in [1.54, 1.807) is 0 Å². The number of aromatic nitrogens is 1. The van der Waals surface area contributed by atoms with E-state index >= 15 is 0 Å². The van der Waals surface area contributed by atoms with Gasteiger partial charge in [0.25, 0.3) is 0 Å². The summed E-state index contributed by atoms with van der Waals surface area (Å²) in [5.41, 5.74) is 1.23. The van der Waals surface area contributed by atoms with Gasteiger partial charge in [0.1, 0.15) is 5.82 Å². The van der Waals surface area contributed by atoms with Crippen LogP contribution in [0.4, 0.5) is 5.82 Å². The van der Waals surface area contributed by atoms with Crippen molar-refractivity contribution >= 4 is 47.5 Å². The molecule has 1 N–H and O–H groups in total. The standard InChI is InChI=1S/C19H31N5S.HI/c1-20-18(22-14-16-7-10-21-17(13-16)23(2)3)24-11-12-25-19(15-24)8-5-4-6-9-19;/h7,10,13H,4-6,8-9,11-12,14-15H2,1-3H3,(H,20,22);1H. The number of nitrogens with zero attached hydrogens (tertiary/aromatic N) is 4. The van der Waals surface area contributed by atoms with Gasteiger partial charge in [0.2, 0.25) is 0 Å². The average molecular weight is 489 g/mol. The summed E-state index contributed by atoms with van der Waals surface area (Å²) in [4.78, 5) is 13.4. The van der Waals surface area contributed by atoms with Crippen molar-refractivity contribution in [3.8, 4) is 0 Å². The third-order valence-electron chi connectivity index (χ3n) is 5.24.